The Kier molecular flexibility index (Phi) is 2.56. The second kappa shape index (κ2) is 4.10. The maximum Gasteiger partial charge on any atom is 0.346 e. The molecule has 2 aromatic rings. The van der Waals surface area contributed by atoms with Gasteiger partial charge in [-0.2, -0.15) is 4.99 Å². The molecule has 3 rings (SSSR count). The minimum Gasteiger partial charge on any atom is -0.385 e. The fourth-order valence-corrected chi connectivity index (χ4v) is 3.34. The highest BCUT2D eigenvalue weighted by atomic mass is 32.1. The molecule has 1 unspecified atom stereocenters. The fraction of sp³-hybridized carbons (Fsp3) is 0.231. The van der Waals surface area contributed by atoms with E-state index in [2.05, 4.69) is 22.5 Å². The van der Waals surface area contributed by atoms with Crippen molar-refractivity contribution in [2.75, 3.05) is 6.54 Å². The summed E-state index contributed by atoms with van der Waals surface area (Å²) < 4.78 is 1.20. The van der Waals surface area contributed by atoms with Crippen LogP contribution in [-0.4, -0.2) is 23.3 Å². The van der Waals surface area contributed by atoms with Crippen LogP contribution in [0.25, 0.3) is 10.1 Å². The largest absolute Gasteiger partial charge is 0.385 e. The normalized spacial score (nSPS) is 19.6. The number of thiophene rings is 1. The van der Waals surface area contributed by atoms with E-state index in [1.54, 1.807) is 16.2 Å². The first-order valence-corrected chi connectivity index (χ1v) is 6.71. The van der Waals surface area contributed by atoms with Crippen LogP contribution in [0.1, 0.15) is 18.5 Å². The number of carbonyl (C=O) groups excluding carboxylic acids is 1. The molecule has 0 saturated heterocycles. The number of hydrogen-bond donors (Lipinski definition) is 1. The average molecular weight is 259 g/mol. The molecule has 2 amide bonds. The van der Waals surface area contributed by atoms with E-state index >= 15 is 0 Å². The molecule has 4 nitrogen and oxygen atoms in total. The van der Waals surface area contributed by atoms with Gasteiger partial charge < -0.3 is 10.6 Å². The lowest BCUT2D eigenvalue weighted by Crippen LogP contribution is -2.32. The van der Waals surface area contributed by atoms with Gasteiger partial charge in [-0.15, -0.1) is 11.3 Å². The number of nitrogens with zero attached hydrogens (tertiary/aromatic N) is 2. The molecule has 0 saturated carbocycles. The third-order valence-corrected chi connectivity index (χ3v) is 4.19. The summed E-state index contributed by atoms with van der Waals surface area (Å²) in [7, 11) is 0. The summed E-state index contributed by atoms with van der Waals surface area (Å²) in [4.78, 5) is 17.3. The van der Waals surface area contributed by atoms with Crippen LogP contribution in [0.3, 0.4) is 0 Å². The summed E-state index contributed by atoms with van der Waals surface area (Å²) in [6.07, 6.45) is 0. The van der Waals surface area contributed by atoms with E-state index in [0.29, 0.717) is 12.4 Å². The average Bonchev–Trinajstić information content (AvgIpc) is 2.89. The predicted molar refractivity (Wildman–Crippen MR) is 74.0 cm³/mol. The van der Waals surface area contributed by atoms with Crippen molar-refractivity contribution >= 4 is 33.3 Å². The van der Waals surface area contributed by atoms with Gasteiger partial charge in [-0.25, -0.2) is 4.79 Å². The lowest BCUT2D eigenvalue weighted by atomic mass is 10.0. The SMILES string of the molecule is CCN1C(=O)N=C(N)C1c1csc2ccccc12. The maximum absolute atomic E-state index is 11.7. The molecule has 18 heavy (non-hydrogen) atoms. The molecule has 1 aromatic carbocycles. The van der Waals surface area contributed by atoms with Crippen molar-refractivity contribution in [2.45, 2.75) is 13.0 Å². The molecule has 1 aromatic heterocycles. The molecule has 92 valence electrons. The molecule has 5 heteroatoms. The van der Waals surface area contributed by atoms with Gasteiger partial charge in [0, 0.05) is 16.8 Å². The van der Waals surface area contributed by atoms with Crippen molar-refractivity contribution < 1.29 is 4.79 Å². The molecule has 2 N–H and O–H groups in total. The molecule has 2 heterocycles. The van der Waals surface area contributed by atoms with Gasteiger partial charge in [0.2, 0.25) is 0 Å². The Balaban J connectivity index is 2.14. The Morgan fingerprint density at radius 3 is 3.00 bits per heavy atom. The Hall–Kier alpha value is -1.88. The lowest BCUT2D eigenvalue weighted by Gasteiger charge is -2.22. The van der Waals surface area contributed by atoms with E-state index in [9.17, 15) is 4.79 Å². The van der Waals surface area contributed by atoms with Crippen LogP contribution in [0.4, 0.5) is 4.79 Å². The van der Waals surface area contributed by atoms with Crippen LogP contribution in [0.5, 0.6) is 0 Å². The highest BCUT2D eigenvalue weighted by Crippen LogP contribution is 2.35. The molecule has 0 spiro atoms. The summed E-state index contributed by atoms with van der Waals surface area (Å²) in [5.74, 6) is 0.394. The van der Waals surface area contributed by atoms with Crippen LogP contribution in [0, 0.1) is 0 Å². The minimum absolute atomic E-state index is 0.210. The second-order valence-electron chi connectivity index (χ2n) is 4.19. The van der Waals surface area contributed by atoms with E-state index in [0.717, 1.165) is 10.9 Å². The highest BCUT2D eigenvalue weighted by Gasteiger charge is 2.34. The van der Waals surface area contributed by atoms with Gasteiger partial charge in [0.25, 0.3) is 0 Å². The number of hydrogen-bond acceptors (Lipinski definition) is 3. The number of fused-ring (bicyclic) bond motifs is 1. The van der Waals surface area contributed by atoms with Gasteiger partial charge in [0.15, 0.2) is 0 Å². The van der Waals surface area contributed by atoms with E-state index in [1.165, 1.54) is 4.70 Å². The van der Waals surface area contributed by atoms with E-state index in [4.69, 9.17) is 5.73 Å². The van der Waals surface area contributed by atoms with E-state index in [-0.39, 0.29) is 12.1 Å². The monoisotopic (exact) mass is 259 g/mol. The molecular formula is C13H13N3OS. The van der Waals surface area contributed by atoms with Gasteiger partial charge >= 0.3 is 6.03 Å². The summed E-state index contributed by atoms with van der Waals surface area (Å²) in [5.41, 5.74) is 6.98. The van der Waals surface area contributed by atoms with Gasteiger partial charge in [-0.05, 0) is 23.8 Å². The Bertz CT molecular complexity index is 646. The number of amides is 2. The standard InChI is InChI=1S/C13H13N3OS/c1-2-16-11(12(14)15-13(16)17)9-7-18-10-6-4-3-5-8(9)10/h3-7,11H,2H2,1H3,(H2,14,15,17). The lowest BCUT2D eigenvalue weighted by molar-refractivity contribution is 0.210. The summed E-state index contributed by atoms with van der Waals surface area (Å²) in [6.45, 7) is 2.55. The quantitative estimate of drug-likeness (QED) is 0.901. The number of urea groups is 1. The fourth-order valence-electron chi connectivity index (χ4n) is 2.36. The molecule has 0 fully saturated rings. The maximum atomic E-state index is 11.7. The van der Waals surface area contributed by atoms with E-state index < -0.39 is 0 Å². The number of aliphatic imine (C=N–C) groups is 1. The van der Waals surface area contributed by atoms with Gasteiger partial charge in [-0.1, -0.05) is 18.2 Å². The summed E-state index contributed by atoms with van der Waals surface area (Å²) in [6, 6.07) is 7.69. The van der Waals surface area contributed by atoms with Crippen LogP contribution in [0.15, 0.2) is 34.6 Å². The Labute approximate surface area is 109 Å². The predicted octanol–water partition coefficient (Wildman–Crippen LogP) is 2.76. The molecule has 0 radical (unpaired) electrons. The molecule has 1 aliphatic rings. The molecule has 0 aliphatic carbocycles. The first kappa shape index (κ1) is 11.2. The highest BCUT2D eigenvalue weighted by molar-refractivity contribution is 7.17. The van der Waals surface area contributed by atoms with Crippen molar-refractivity contribution in [1.29, 1.82) is 0 Å². The smallest absolute Gasteiger partial charge is 0.346 e. The molecular weight excluding hydrogens is 246 g/mol. The zero-order valence-electron chi connectivity index (χ0n) is 9.96. The number of carbonyl (C=O) groups is 1. The summed E-state index contributed by atoms with van der Waals surface area (Å²) >= 11 is 1.67. The third kappa shape index (κ3) is 1.51. The minimum atomic E-state index is -0.240. The summed E-state index contributed by atoms with van der Waals surface area (Å²) in [5, 5.41) is 3.22. The zero-order valence-corrected chi connectivity index (χ0v) is 10.8. The van der Waals surface area contributed by atoms with Crippen LogP contribution in [-0.2, 0) is 0 Å². The van der Waals surface area contributed by atoms with Crippen molar-refractivity contribution in [2.24, 2.45) is 10.7 Å². The van der Waals surface area contributed by atoms with Crippen molar-refractivity contribution in [3.8, 4) is 0 Å². The molecule has 0 bridgehead atoms. The number of rotatable bonds is 2. The zero-order chi connectivity index (χ0) is 12.7. The van der Waals surface area contributed by atoms with Crippen molar-refractivity contribution in [3.63, 3.8) is 0 Å². The van der Waals surface area contributed by atoms with Crippen LogP contribution < -0.4 is 5.73 Å². The topological polar surface area (TPSA) is 58.7 Å². The molecule has 1 atom stereocenters. The second-order valence-corrected chi connectivity index (χ2v) is 5.11. The van der Waals surface area contributed by atoms with Crippen LogP contribution >= 0.6 is 11.3 Å². The number of benzene rings is 1. The van der Waals surface area contributed by atoms with E-state index in [1.807, 2.05) is 19.1 Å². The van der Waals surface area contributed by atoms with Gasteiger partial charge in [0.05, 0.1) is 0 Å². The van der Waals surface area contributed by atoms with Gasteiger partial charge in [-0.3, -0.25) is 0 Å². The Morgan fingerprint density at radius 1 is 1.44 bits per heavy atom. The first-order valence-electron chi connectivity index (χ1n) is 5.83. The van der Waals surface area contributed by atoms with Gasteiger partial charge in [0.1, 0.15) is 11.9 Å². The van der Waals surface area contributed by atoms with Crippen molar-refractivity contribution in [1.82, 2.24) is 4.90 Å². The number of amidine groups is 1. The Morgan fingerprint density at radius 2 is 2.22 bits per heavy atom. The first-order chi connectivity index (χ1) is 8.72. The number of likely N-dealkylation sites (N-methyl/N-ethyl adjacent to an activating group) is 1. The third-order valence-electron chi connectivity index (χ3n) is 3.21. The van der Waals surface area contributed by atoms with Crippen molar-refractivity contribution in [3.05, 3.63) is 35.2 Å². The van der Waals surface area contributed by atoms with Crippen LogP contribution in [0.2, 0.25) is 0 Å². The molecule has 1 aliphatic heterocycles. The number of nitrogens with two attached hydrogens (primary N) is 1.